The molecule has 3 aromatic carbocycles. The largest absolute Gasteiger partial charge is 0.488 e. The Hall–Kier alpha value is -3.76. The van der Waals surface area contributed by atoms with E-state index in [2.05, 4.69) is 10.3 Å². The number of para-hydroxylation sites is 1. The third kappa shape index (κ3) is 4.77. The van der Waals surface area contributed by atoms with Crippen LogP contribution in [0.4, 0.5) is 0 Å². The monoisotopic (exact) mass is 534 g/mol. The minimum absolute atomic E-state index is 0.117. The Morgan fingerprint density at radius 2 is 1.87 bits per heavy atom. The van der Waals surface area contributed by atoms with Crippen molar-refractivity contribution in [3.63, 3.8) is 0 Å². The van der Waals surface area contributed by atoms with Crippen LogP contribution in [0.1, 0.15) is 47.1 Å². The van der Waals surface area contributed by atoms with Crippen LogP contribution in [0.25, 0.3) is 11.0 Å². The van der Waals surface area contributed by atoms with E-state index in [1.54, 1.807) is 28.9 Å². The van der Waals surface area contributed by atoms with Crippen LogP contribution in [0.15, 0.2) is 59.5 Å². The van der Waals surface area contributed by atoms with Crippen molar-refractivity contribution in [3.8, 4) is 5.75 Å². The van der Waals surface area contributed by atoms with Crippen LogP contribution in [0.2, 0.25) is 0 Å². The molecule has 1 N–H and O–H groups in total. The molecule has 2 heterocycles. The summed E-state index contributed by atoms with van der Waals surface area (Å²) in [7, 11) is -1.98. The van der Waals surface area contributed by atoms with Crippen LogP contribution in [0, 0.1) is 13.8 Å². The molecule has 4 aromatic rings. The topological polar surface area (TPSA) is 115 Å². The van der Waals surface area contributed by atoms with E-state index < -0.39 is 21.9 Å². The van der Waals surface area contributed by atoms with Crippen LogP contribution < -0.4 is 4.74 Å². The van der Waals surface area contributed by atoms with Gasteiger partial charge in [0.1, 0.15) is 22.3 Å². The number of ether oxygens (including phenoxy) is 1. The van der Waals surface area contributed by atoms with E-state index >= 15 is 0 Å². The lowest BCUT2D eigenvalue weighted by Gasteiger charge is -2.24. The van der Waals surface area contributed by atoms with E-state index in [-0.39, 0.29) is 30.5 Å². The van der Waals surface area contributed by atoms with E-state index in [4.69, 9.17) is 4.74 Å². The first-order valence-electron chi connectivity index (χ1n) is 12.4. The number of carboxylic acids is 1. The van der Waals surface area contributed by atoms with Gasteiger partial charge >= 0.3 is 5.97 Å². The minimum atomic E-state index is -3.80. The van der Waals surface area contributed by atoms with E-state index in [9.17, 15) is 18.3 Å². The number of rotatable bonds is 6. The van der Waals surface area contributed by atoms with E-state index in [0.717, 1.165) is 33.3 Å². The molecule has 1 aromatic heterocycles. The van der Waals surface area contributed by atoms with Crippen LogP contribution in [-0.4, -0.2) is 51.4 Å². The van der Waals surface area contributed by atoms with Crippen LogP contribution in [0.5, 0.6) is 5.75 Å². The van der Waals surface area contributed by atoms with Crippen molar-refractivity contribution in [2.24, 2.45) is 7.05 Å². The zero-order valence-corrected chi connectivity index (χ0v) is 22.6. The normalized spacial score (nSPS) is 17.9. The summed E-state index contributed by atoms with van der Waals surface area (Å²) in [6, 6.07) is 16.3. The van der Waals surface area contributed by atoms with Gasteiger partial charge in [-0.15, -0.1) is 5.10 Å². The number of fused-ring (bicyclic) bond motifs is 2. The molecule has 0 radical (unpaired) electrons. The fraction of sp³-hybridized carbons (Fsp3) is 0.321. The third-order valence-electron chi connectivity index (χ3n) is 7.07. The van der Waals surface area contributed by atoms with Crippen molar-refractivity contribution in [3.05, 3.63) is 82.4 Å². The number of carbonyl (C=O) groups is 1. The average molecular weight is 535 g/mol. The highest BCUT2D eigenvalue weighted by molar-refractivity contribution is 7.89. The molecule has 0 amide bonds. The maximum absolute atomic E-state index is 13.6. The molecular formula is C28H30N4O5S. The van der Waals surface area contributed by atoms with Gasteiger partial charge in [-0.1, -0.05) is 41.6 Å². The summed E-state index contributed by atoms with van der Waals surface area (Å²) in [4.78, 5) is 12.1. The molecule has 198 valence electrons. The standard InChI is InChI=1S/C28H30N4O5S/c1-17-9-10-20(23(14-27(33)34)21-11-18(2)28-24(13-21)29-30-31(28)4)12-22(17)16-32-15-19(3)37-25-7-5-6-8-26(25)38(32,35)36/h5-13,19,23H,14-16H2,1-4H3,(H,33,34). The molecule has 0 saturated carbocycles. The Morgan fingerprint density at radius 1 is 1.11 bits per heavy atom. The zero-order chi connectivity index (χ0) is 27.2. The predicted molar refractivity (Wildman–Crippen MR) is 143 cm³/mol. The predicted octanol–water partition coefficient (Wildman–Crippen LogP) is 4.16. The molecule has 1 aliphatic rings. The summed E-state index contributed by atoms with van der Waals surface area (Å²) >= 11 is 0. The summed E-state index contributed by atoms with van der Waals surface area (Å²) in [5.41, 5.74) is 5.91. The van der Waals surface area contributed by atoms with E-state index in [0.29, 0.717) is 11.3 Å². The van der Waals surface area contributed by atoms with Gasteiger partial charge < -0.3 is 9.84 Å². The van der Waals surface area contributed by atoms with Gasteiger partial charge in [0.25, 0.3) is 0 Å². The molecule has 0 saturated heterocycles. The van der Waals surface area contributed by atoms with Gasteiger partial charge in [-0.3, -0.25) is 4.79 Å². The highest BCUT2D eigenvalue weighted by atomic mass is 32.2. The maximum atomic E-state index is 13.6. The van der Waals surface area contributed by atoms with Crippen molar-refractivity contribution in [2.45, 2.75) is 50.7 Å². The lowest BCUT2D eigenvalue weighted by molar-refractivity contribution is -0.137. The Morgan fingerprint density at radius 3 is 2.63 bits per heavy atom. The molecular weight excluding hydrogens is 504 g/mol. The second kappa shape index (κ2) is 9.85. The number of hydrogen-bond donors (Lipinski definition) is 1. The molecule has 2 unspecified atom stereocenters. The fourth-order valence-corrected chi connectivity index (χ4v) is 6.82. The van der Waals surface area contributed by atoms with Gasteiger partial charge in [0.15, 0.2) is 0 Å². The van der Waals surface area contributed by atoms with Gasteiger partial charge in [-0.05, 0) is 66.8 Å². The number of aliphatic carboxylic acids is 1. The first kappa shape index (κ1) is 25.9. The number of hydrogen-bond acceptors (Lipinski definition) is 6. The second-order valence-electron chi connectivity index (χ2n) is 9.93. The average Bonchev–Trinajstić information content (AvgIpc) is 3.20. The van der Waals surface area contributed by atoms with Gasteiger partial charge in [-0.2, -0.15) is 4.31 Å². The quantitative estimate of drug-likeness (QED) is 0.395. The van der Waals surface area contributed by atoms with Crippen LogP contribution in [0.3, 0.4) is 0 Å². The van der Waals surface area contributed by atoms with E-state index in [1.807, 2.05) is 58.2 Å². The maximum Gasteiger partial charge on any atom is 0.304 e. The van der Waals surface area contributed by atoms with Crippen molar-refractivity contribution in [1.29, 1.82) is 0 Å². The molecule has 0 spiro atoms. The van der Waals surface area contributed by atoms with Crippen molar-refractivity contribution in [2.75, 3.05) is 6.54 Å². The molecule has 38 heavy (non-hydrogen) atoms. The molecule has 5 rings (SSSR count). The lowest BCUT2D eigenvalue weighted by atomic mass is 9.86. The van der Waals surface area contributed by atoms with Crippen LogP contribution >= 0.6 is 0 Å². The summed E-state index contributed by atoms with van der Waals surface area (Å²) in [5, 5.41) is 18.1. The van der Waals surface area contributed by atoms with E-state index in [1.165, 1.54) is 4.31 Å². The summed E-state index contributed by atoms with van der Waals surface area (Å²) in [6.07, 6.45) is -0.452. The zero-order valence-electron chi connectivity index (χ0n) is 21.7. The number of sulfonamides is 1. The van der Waals surface area contributed by atoms with Crippen molar-refractivity contribution in [1.82, 2.24) is 19.3 Å². The summed E-state index contributed by atoms with van der Waals surface area (Å²) < 4.78 is 36.2. The molecule has 0 fully saturated rings. The SMILES string of the molecule is Cc1ccc(C(CC(=O)O)c2cc(C)c3c(c2)nnn3C)cc1CN1CC(C)Oc2ccccc2S1(=O)=O. The minimum Gasteiger partial charge on any atom is -0.488 e. The first-order valence-corrected chi connectivity index (χ1v) is 13.9. The van der Waals surface area contributed by atoms with Gasteiger partial charge in [0, 0.05) is 19.5 Å². The number of nitrogens with zero attached hydrogens (tertiary/aromatic N) is 4. The molecule has 10 heteroatoms. The summed E-state index contributed by atoms with van der Waals surface area (Å²) in [5.74, 6) is -1.02. The van der Waals surface area contributed by atoms with Gasteiger partial charge in [-0.25, -0.2) is 13.1 Å². The first-order chi connectivity index (χ1) is 18.0. The van der Waals surface area contributed by atoms with Gasteiger partial charge in [0.05, 0.1) is 18.5 Å². The van der Waals surface area contributed by atoms with Crippen LogP contribution in [-0.2, 0) is 28.4 Å². The third-order valence-corrected chi connectivity index (χ3v) is 8.92. The highest BCUT2D eigenvalue weighted by Gasteiger charge is 2.33. The van der Waals surface area contributed by atoms with Gasteiger partial charge in [0.2, 0.25) is 10.0 Å². The van der Waals surface area contributed by atoms with Crippen molar-refractivity contribution >= 4 is 27.0 Å². The second-order valence-corrected chi connectivity index (χ2v) is 11.8. The number of carboxylic acid groups (broad SMARTS) is 1. The Bertz CT molecular complexity index is 1650. The Balaban J connectivity index is 1.55. The Labute approximate surface area is 221 Å². The molecule has 0 aliphatic carbocycles. The molecule has 0 bridgehead atoms. The number of aryl methyl sites for hydroxylation is 3. The lowest BCUT2D eigenvalue weighted by Crippen LogP contribution is -2.35. The van der Waals surface area contributed by atoms with Crippen molar-refractivity contribution < 1.29 is 23.1 Å². The number of benzene rings is 3. The molecule has 2 atom stereocenters. The number of aromatic nitrogens is 3. The summed E-state index contributed by atoms with van der Waals surface area (Å²) in [6.45, 7) is 6.08. The Kier molecular flexibility index (Phi) is 6.70. The smallest absolute Gasteiger partial charge is 0.304 e. The highest BCUT2D eigenvalue weighted by Crippen LogP contribution is 2.35. The fourth-order valence-electron chi connectivity index (χ4n) is 5.21. The molecule has 1 aliphatic heterocycles. The molecule has 9 nitrogen and oxygen atoms in total.